The van der Waals surface area contributed by atoms with E-state index in [1.54, 1.807) is 19.1 Å². The molecule has 4 nitrogen and oxygen atoms in total. The minimum atomic E-state index is -0.238. The van der Waals surface area contributed by atoms with Gasteiger partial charge in [0, 0.05) is 18.0 Å². The highest BCUT2D eigenvalue weighted by Gasteiger charge is 2.12. The molecule has 0 aliphatic rings. The molecular formula is C14H18FN3O. The van der Waals surface area contributed by atoms with Crippen molar-refractivity contribution in [1.29, 1.82) is 0 Å². The number of aryl methyl sites for hydroxylation is 1. The van der Waals surface area contributed by atoms with Crippen molar-refractivity contribution in [2.24, 2.45) is 5.73 Å². The first-order chi connectivity index (χ1) is 9.10. The van der Waals surface area contributed by atoms with Gasteiger partial charge in [-0.15, -0.1) is 0 Å². The van der Waals surface area contributed by atoms with Crippen LogP contribution >= 0.6 is 0 Å². The molecule has 0 fully saturated rings. The van der Waals surface area contributed by atoms with Crippen molar-refractivity contribution in [2.75, 3.05) is 0 Å². The molecule has 0 bridgehead atoms. The number of rotatable bonds is 5. The molecule has 1 aromatic heterocycles. The van der Waals surface area contributed by atoms with Gasteiger partial charge in [-0.3, -0.25) is 0 Å². The molecule has 0 saturated carbocycles. The smallest absolute Gasteiger partial charge is 0.228 e. The zero-order valence-electron chi connectivity index (χ0n) is 11.2. The molecule has 102 valence electrons. The summed E-state index contributed by atoms with van der Waals surface area (Å²) in [4.78, 5) is 4.29. The van der Waals surface area contributed by atoms with E-state index in [9.17, 15) is 4.39 Å². The molecule has 0 aliphatic heterocycles. The minimum Gasteiger partial charge on any atom is -0.339 e. The van der Waals surface area contributed by atoms with Crippen molar-refractivity contribution in [3.05, 3.63) is 35.5 Å². The lowest BCUT2D eigenvalue weighted by Crippen LogP contribution is -2.22. The van der Waals surface area contributed by atoms with Crippen LogP contribution in [-0.4, -0.2) is 16.2 Å². The predicted molar refractivity (Wildman–Crippen MR) is 71.0 cm³/mol. The summed E-state index contributed by atoms with van der Waals surface area (Å²) in [5.74, 6) is 0.761. The molecule has 0 spiro atoms. The second-order valence-electron chi connectivity index (χ2n) is 4.73. The Morgan fingerprint density at radius 1 is 1.42 bits per heavy atom. The third-order valence-corrected chi connectivity index (χ3v) is 2.98. The fourth-order valence-electron chi connectivity index (χ4n) is 1.94. The van der Waals surface area contributed by atoms with Gasteiger partial charge in [-0.05, 0) is 37.1 Å². The average molecular weight is 263 g/mol. The van der Waals surface area contributed by atoms with Crippen LogP contribution in [0.2, 0.25) is 0 Å². The fraction of sp³-hybridized carbons (Fsp3) is 0.429. The summed E-state index contributed by atoms with van der Waals surface area (Å²) in [6.07, 6.45) is 2.52. The van der Waals surface area contributed by atoms with Crippen LogP contribution in [0.4, 0.5) is 4.39 Å². The van der Waals surface area contributed by atoms with Gasteiger partial charge < -0.3 is 10.3 Å². The fourth-order valence-corrected chi connectivity index (χ4v) is 1.94. The van der Waals surface area contributed by atoms with Crippen molar-refractivity contribution in [2.45, 2.75) is 39.2 Å². The van der Waals surface area contributed by atoms with E-state index in [-0.39, 0.29) is 11.9 Å². The Balaban J connectivity index is 2.14. The number of halogens is 1. The topological polar surface area (TPSA) is 64.9 Å². The van der Waals surface area contributed by atoms with Crippen LogP contribution in [-0.2, 0) is 6.42 Å². The molecule has 0 amide bonds. The number of benzene rings is 1. The SMILES string of the molecule is CCCC(N)Cc1nc(-c2ccc(F)c(C)c2)no1. The van der Waals surface area contributed by atoms with E-state index >= 15 is 0 Å². The van der Waals surface area contributed by atoms with Crippen molar-refractivity contribution in [3.63, 3.8) is 0 Å². The summed E-state index contributed by atoms with van der Waals surface area (Å²) in [5.41, 5.74) is 7.24. The largest absolute Gasteiger partial charge is 0.339 e. The predicted octanol–water partition coefficient (Wildman–Crippen LogP) is 2.85. The van der Waals surface area contributed by atoms with Gasteiger partial charge in [0.2, 0.25) is 11.7 Å². The molecule has 2 aromatic rings. The Morgan fingerprint density at radius 2 is 2.21 bits per heavy atom. The molecule has 0 saturated heterocycles. The summed E-state index contributed by atoms with van der Waals surface area (Å²) in [6, 6.07) is 4.79. The van der Waals surface area contributed by atoms with Crippen molar-refractivity contribution in [3.8, 4) is 11.4 Å². The maximum Gasteiger partial charge on any atom is 0.228 e. The van der Waals surface area contributed by atoms with E-state index in [4.69, 9.17) is 10.3 Å². The van der Waals surface area contributed by atoms with Gasteiger partial charge in [0.05, 0.1) is 0 Å². The van der Waals surface area contributed by atoms with Crippen molar-refractivity contribution >= 4 is 0 Å². The van der Waals surface area contributed by atoms with Gasteiger partial charge in [0.25, 0.3) is 0 Å². The van der Waals surface area contributed by atoms with Crippen LogP contribution < -0.4 is 5.73 Å². The van der Waals surface area contributed by atoms with Crippen LogP contribution in [0.1, 0.15) is 31.2 Å². The van der Waals surface area contributed by atoms with E-state index < -0.39 is 0 Å². The van der Waals surface area contributed by atoms with Crippen molar-refractivity contribution in [1.82, 2.24) is 10.1 Å². The molecule has 1 aromatic carbocycles. The van der Waals surface area contributed by atoms with Gasteiger partial charge in [0.15, 0.2) is 0 Å². The van der Waals surface area contributed by atoms with Gasteiger partial charge in [-0.25, -0.2) is 4.39 Å². The Labute approximate surface area is 111 Å². The quantitative estimate of drug-likeness (QED) is 0.900. The highest BCUT2D eigenvalue weighted by Crippen LogP contribution is 2.19. The summed E-state index contributed by atoms with van der Waals surface area (Å²) < 4.78 is 18.4. The van der Waals surface area contributed by atoms with E-state index in [2.05, 4.69) is 17.1 Å². The minimum absolute atomic E-state index is 0.0354. The second kappa shape index (κ2) is 5.93. The summed E-state index contributed by atoms with van der Waals surface area (Å²) >= 11 is 0. The number of hydrogen-bond donors (Lipinski definition) is 1. The van der Waals surface area contributed by atoms with Crippen LogP contribution in [0.25, 0.3) is 11.4 Å². The molecule has 1 heterocycles. The van der Waals surface area contributed by atoms with Gasteiger partial charge in [-0.1, -0.05) is 18.5 Å². The summed E-state index contributed by atoms with van der Waals surface area (Å²) in [7, 11) is 0. The Kier molecular flexibility index (Phi) is 4.27. The third kappa shape index (κ3) is 3.38. The Morgan fingerprint density at radius 3 is 2.89 bits per heavy atom. The first-order valence-corrected chi connectivity index (χ1v) is 6.45. The van der Waals surface area contributed by atoms with Gasteiger partial charge >= 0.3 is 0 Å². The van der Waals surface area contributed by atoms with Crippen LogP contribution in [0.15, 0.2) is 22.7 Å². The zero-order chi connectivity index (χ0) is 13.8. The number of hydrogen-bond acceptors (Lipinski definition) is 4. The summed E-state index contributed by atoms with van der Waals surface area (Å²) in [5, 5.41) is 3.91. The molecule has 2 N–H and O–H groups in total. The maximum atomic E-state index is 13.2. The van der Waals surface area contributed by atoms with Gasteiger partial charge in [-0.2, -0.15) is 4.98 Å². The normalized spacial score (nSPS) is 12.6. The molecule has 0 radical (unpaired) electrons. The number of nitrogens with two attached hydrogens (primary N) is 1. The van der Waals surface area contributed by atoms with E-state index in [0.29, 0.717) is 23.7 Å². The molecule has 1 unspecified atom stereocenters. The first kappa shape index (κ1) is 13.7. The Bertz CT molecular complexity index is 553. The van der Waals surface area contributed by atoms with E-state index in [1.807, 2.05) is 0 Å². The second-order valence-corrected chi connectivity index (χ2v) is 4.73. The lowest BCUT2D eigenvalue weighted by Gasteiger charge is -2.05. The van der Waals surface area contributed by atoms with Crippen LogP contribution in [0.3, 0.4) is 0 Å². The molecule has 19 heavy (non-hydrogen) atoms. The Hall–Kier alpha value is -1.75. The van der Waals surface area contributed by atoms with E-state index in [0.717, 1.165) is 18.4 Å². The maximum absolute atomic E-state index is 13.2. The van der Waals surface area contributed by atoms with Crippen LogP contribution in [0.5, 0.6) is 0 Å². The highest BCUT2D eigenvalue weighted by atomic mass is 19.1. The molecular weight excluding hydrogens is 245 g/mol. The molecule has 5 heteroatoms. The molecule has 0 aliphatic carbocycles. The van der Waals surface area contributed by atoms with Gasteiger partial charge in [0.1, 0.15) is 5.82 Å². The number of nitrogens with zero attached hydrogens (tertiary/aromatic N) is 2. The molecule has 2 rings (SSSR count). The molecule has 1 atom stereocenters. The lowest BCUT2D eigenvalue weighted by molar-refractivity contribution is 0.366. The standard InChI is InChI=1S/C14H18FN3O/c1-3-4-11(16)8-13-17-14(18-19-13)10-5-6-12(15)9(2)7-10/h5-7,11H,3-4,8,16H2,1-2H3. The third-order valence-electron chi connectivity index (χ3n) is 2.98. The van der Waals surface area contributed by atoms with Crippen molar-refractivity contribution < 1.29 is 8.91 Å². The first-order valence-electron chi connectivity index (χ1n) is 6.45. The monoisotopic (exact) mass is 263 g/mol. The number of aromatic nitrogens is 2. The average Bonchev–Trinajstić information content (AvgIpc) is 2.81. The summed E-state index contributed by atoms with van der Waals surface area (Å²) in [6.45, 7) is 3.79. The zero-order valence-corrected chi connectivity index (χ0v) is 11.2. The lowest BCUT2D eigenvalue weighted by atomic mass is 10.1. The highest BCUT2D eigenvalue weighted by molar-refractivity contribution is 5.55. The van der Waals surface area contributed by atoms with E-state index in [1.165, 1.54) is 6.07 Å². The van der Waals surface area contributed by atoms with Crippen LogP contribution in [0, 0.1) is 12.7 Å².